The van der Waals surface area contributed by atoms with Crippen LogP contribution in [0.25, 0.3) is 21.3 Å². The van der Waals surface area contributed by atoms with Gasteiger partial charge in [-0.05, 0) is 32.4 Å². The minimum atomic E-state index is -4.74. The van der Waals surface area contributed by atoms with Crippen molar-refractivity contribution in [3.8, 4) is 11.1 Å². The van der Waals surface area contributed by atoms with Crippen LogP contribution in [0.1, 0.15) is 40.1 Å². The van der Waals surface area contributed by atoms with Crippen molar-refractivity contribution in [1.29, 1.82) is 0 Å². The van der Waals surface area contributed by atoms with Gasteiger partial charge in [-0.1, -0.05) is 11.6 Å². The largest absolute Gasteiger partial charge is 0.433 e. The van der Waals surface area contributed by atoms with Crippen molar-refractivity contribution >= 4 is 50.7 Å². The van der Waals surface area contributed by atoms with Crippen molar-refractivity contribution in [2.45, 2.75) is 46.5 Å². The second-order valence-corrected chi connectivity index (χ2v) is 9.39. The molecule has 0 bridgehead atoms. The van der Waals surface area contributed by atoms with Gasteiger partial charge < -0.3 is 11.1 Å². The third kappa shape index (κ3) is 4.80. The predicted molar refractivity (Wildman–Crippen MR) is 130 cm³/mol. The van der Waals surface area contributed by atoms with Crippen molar-refractivity contribution in [2.24, 2.45) is 5.73 Å². The number of aryl methyl sites for hydroxylation is 3. The van der Waals surface area contributed by atoms with E-state index >= 15 is 0 Å². The Morgan fingerprint density at radius 2 is 1.97 bits per heavy atom. The van der Waals surface area contributed by atoms with Gasteiger partial charge in [0.25, 0.3) is 5.91 Å². The first kappa shape index (κ1) is 25.6. The lowest BCUT2D eigenvalue weighted by atomic mass is 10.0. The minimum absolute atomic E-state index is 0.0158. The van der Waals surface area contributed by atoms with Crippen LogP contribution in [-0.2, 0) is 24.1 Å². The second-order valence-electron chi connectivity index (χ2n) is 7.99. The Hall–Kier alpha value is -3.45. The summed E-state index contributed by atoms with van der Waals surface area (Å²) in [5, 5.41) is 11.7. The summed E-state index contributed by atoms with van der Waals surface area (Å²) in [5.41, 5.74) is 6.20. The molecule has 0 aliphatic rings. The third-order valence-corrected chi connectivity index (χ3v) is 7.06. The number of nitrogens with two attached hydrogens (primary N) is 1. The molecule has 4 rings (SSSR count). The molecule has 3 N–H and O–H groups in total. The van der Waals surface area contributed by atoms with Crippen molar-refractivity contribution < 1.29 is 22.8 Å². The average molecular weight is 540 g/mol. The lowest BCUT2D eigenvalue weighted by Crippen LogP contribution is -2.18. The van der Waals surface area contributed by atoms with E-state index in [4.69, 9.17) is 17.3 Å². The zero-order chi connectivity index (χ0) is 26.4. The number of amides is 2. The molecule has 36 heavy (non-hydrogen) atoms. The van der Waals surface area contributed by atoms with E-state index in [1.54, 1.807) is 24.7 Å². The number of fused-ring (bicyclic) bond motifs is 1. The van der Waals surface area contributed by atoms with Crippen molar-refractivity contribution in [1.82, 2.24) is 24.5 Å². The number of hydrogen-bond donors (Lipinski definition) is 2. The van der Waals surface area contributed by atoms with E-state index in [1.807, 2.05) is 6.92 Å². The van der Waals surface area contributed by atoms with Crippen LogP contribution in [0.15, 0.2) is 18.5 Å². The predicted octanol–water partition coefficient (Wildman–Crippen LogP) is 4.79. The lowest BCUT2D eigenvalue weighted by molar-refractivity contribution is -0.140. The molecule has 190 valence electrons. The molecule has 0 radical (unpaired) electrons. The number of carbonyl (C=O) groups excluding carboxylic acids is 2. The van der Waals surface area contributed by atoms with Gasteiger partial charge in [0.15, 0.2) is 0 Å². The van der Waals surface area contributed by atoms with Gasteiger partial charge in [-0.25, -0.2) is 4.98 Å². The van der Waals surface area contributed by atoms with E-state index in [9.17, 15) is 22.8 Å². The Bertz CT molecular complexity index is 1470. The highest BCUT2D eigenvalue weighted by Gasteiger charge is 2.35. The summed E-state index contributed by atoms with van der Waals surface area (Å²) in [4.78, 5) is 28.6. The molecule has 4 aromatic heterocycles. The normalized spacial score (nSPS) is 11.9. The van der Waals surface area contributed by atoms with Gasteiger partial charge in [-0.2, -0.15) is 23.4 Å². The number of pyridine rings is 1. The Morgan fingerprint density at radius 3 is 2.53 bits per heavy atom. The molecule has 0 unspecified atom stereocenters. The second kappa shape index (κ2) is 9.54. The number of nitrogens with zero attached hydrogens (tertiary/aromatic N) is 5. The number of halogens is 4. The molecule has 0 saturated heterocycles. The molecular formula is C22H21ClF3N7O2S. The Balaban J connectivity index is 1.83. The van der Waals surface area contributed by atoms with Crippen LogP contribution < -0.4 is 11.1 Å². The van der Waals surface area contributed by atoms with E-state index in [1.165, 1.54) is 10.9 Å². The van der Waals surface area contributed by atoms with E-state index in [0.717, 1.165) is 6.07 Å². The number of thiophene rings is 1. The minimum Gasteiger partial charge on any atom is -0.365 e. The van der Waals surface area contributed by atoms with Gasteiger partial charge in [-0.3, -0.25) is 19.0 Å². The number of aromatic nitrogens is 5. The standard InChI is InChI=1S/C22H21ClF3N7O2S/c1-4-33-11(3)13(8-28-33)12-7-15(22(24,25)26)29-21-17(12)18(19(36-21)20(27)35)30-16(34)5-6-32-9-14(23)10(2)31-32/h7-9H,4-6H2,1-3H3,(H2,27,35)(H,30,34). The SMILES string of the molecule is CCn1ncc(-c2cc(C(F)(F)F)nc3sc(C(N)=O)c(NC(=O)CCn4cc(Cl)c(C)n4)c23)c1C. The summed E-state index contributed by atoms with van der Waals surface area (Å²) < 4.78 is 44.2. The Morgan fingerprint density at radius 1 is 1.25 bits per heavy atom. The number of nitrogens with one attached hydrogen (secondary N) is 1. The average Bonchev–Trinajstić information content (AvgIpc) is 3.46. The highest BCUT2D eigenvalue weighted by molar-refractivity contribution is 7.21. The zero-order valence-corrected chi connectivity index (χ0v) is 21.0. The molecule has 0 fully saturated rings. The molecule has 0 aliphatic heterocycles. The Kier molecular flexibility index (Phi) is 6.80. The molecule has 4 heterocycles. The molecule has 4 aromatic rings. The molecule has 0 spiro atoms. The fourth-order valence-corrected chi connectivity index (χ4v) is 4.96. The van der Waals surface area contributed by atoms with E-state index in [2.05, 4.69) is 20.5 Å². The van der Waals surface area contributed by atoms with Crippen LogP contribution in [0.5, 0.6) is 0 Å². The van der Waals surface area contributed by atoms with Gasteiger partial charge >= 0.3 is 6.18 Å². The maximum atomic E-state index is 13.7. The van der Waals surface area contributed by atoms with Crippen molar-refractivity contribution in [2.75, 3.05) is 5.32 Å². The van der Waals surface area contributed by atoms with Crippen molar-refractivity contribution in [3.63, 3.8) is 0 Å². The van der Waals surface area contributed by atoms with Gasteiger partial charge in [0, 0.05) is 42.4 Å². The smallest absolute Gasteiger partial charge is 0.365 e. The monoisotopic (exact) mass is 539 g/mol. The van der Waals surface area contributed by atoms with Crippen LogP contribution in [-0.4, -0.2) is 36.4 Å². The topological polar surface area (TPSA) is 121 Å². The van der Waals surface area contributed by atoms with E-state index in [0.29, 0.717) is 39.9 Å². The number of primary amides is 1. The van der Waals surface area contributed by atoms with Gasteiger partial charge in [-0.15, -0.1) is 11.3 Å². The number of rotatable bonds is 7. The number of alkyl halides is 3. The first-order chi connectivity index (χ1) is 16.9. The number of hydrogen-bond acceptors (Lipinski definition) is 6. The molecule has 0 atom stereocenters. The fraction of sp³-hybridized carbons (Fsp3) is 0.318. The van der Waals surface area contributed by atoms with E-state index < -0.39 is 23.7 Å². The number of carbonyl (C=O) groups is 2. The van der Waals surface area contributed by atoms with Crippen LogP contribution in [0.2, 0.25) is 5.02 Å². The van der Waals surface area contributed by atoms with Gasteiger partial charge in [0.2, 0.25) is 5.91 Å². The van der Waals surface area contributed by atoms with E-state index in [-0.39, 0.29) is 39.3 Å². The molecule has 0 aliphatic carbocycles. The molecule has 0 saturated carbocycles. The van der Waals surface area contributed by atoms with Gasteiger partial charge in [0.1, 0.15) is 15.4 Å². The highest BCUT2D eigenvalue weighted by Crippen LogP contribution is 2.44. The maximum absolute atomic E-state index is 13.7. The highest BCUT2D eigenvalue weighted by atomic mass is 35.5. The number of anilines is 1. The third-order valence-electron chi connectivity index (χ3n) is 5.59. The molecule has 0 aromatic carbocycles. The summed E-state index contributed by atoms with van der Waals surface area (Å²) in [6.07, 6.45) is -1.75. The summed E-state index contributed by atoms with van der Waals surface area (Å²) in [6, 6.07) is 0.897. The zero-order valence-electron chi connectivity index (χ0n) is 19.4. The first-order valence-corrected chi connectivity index (χ1v) is 12.0. The van der Waals surface area contributed by atoms with Crippen LogP contribution in [0.3, 0.4) is 0 Å². The summed E-state index contributed by atoms with van der Waals surface area (Å²) in [7, 11) is 0. The maximum Gasteiger partial charge on any atom is 0.433 e. The summed E-state index contributed by atoms with van der Waals surface area (Å²) >= 11 is 6.69. The summed E-state index contributed by atoms with van der Waals surface area (Å²) in [6.45, 7) is 5.99. The van der Waals surface area contributed by atoms with Crippen LogP contribution in [0.4, 0.5) is 18.9 Å². The molecule has 9 nitrogen and oxygen atoms in total. The quantitative estimate of drug-likeness (QED) is 0.350. The van der Waals surface area contributed by atoms with Gasteiger partial charge in [0.05, 0.1) is 22.6 Å². The lowest BCUT2D eigenvalue weighted by Gasteiger charge is -2.12. The molecule has 14 heteroatoms. The van der Waals surface area contributed by atoms with Crippen LogP contribution in [0, 0.1) is 13.8 Å². The molecular weight excluding hydrogens is 519 g/mol. The Labute approximate surface area is 212 Å². The molecule has 2 amide bonds. The summed E-state index contributed by atoms with van der Waals surface area (Å²) in [5.74, 6) is -1.39. The fourth-order valence-electron chi connectivity index (χ4n) is 3.80. The van der Waals surface area contributed by atoms with Crippen molar-refractivity contribution in [3.05, 3.63) is 45.4 Å². The first-order valence-electron chi connectivity index (χ1n) is 10.8. The van der Waals surface area contributed by atoms with Crippen LogP contribution >= 0.6 is 22.9 Å².